The first-order chi connectivity index (χ1) is 13.8. The molecule has 0 spiro atoms. The standard InChI is InChI=1S/C19H13Cl2N3O3S2/c1-8-17(29-9(2)23-8)15(25)13-14(12-10(20)4-3-5-11(12)21)24(18(27)16(13)26)19-22-6-7-28-19/h3-7,14,26H,1-2H3. The first-order valence-corrected chi connectivity index (χ1v) is 10.8. The van der Waals surface area contributed by atoms with Crippen molar-refractivity contribution in [3.8, 4) is 0 Å². The molecule has 1 unspecified atom stereocenters. The molecule has 148 valence electrons. The molecule has 1 aromatic carbocycles. The average molecular weight is 466 g/mol. The number of thiazole rings is 2. The third kappa shape index (κ3) is 3.26. The topological polar surface area (TPSA) is 83.4 Å². The van der Waals surface area contributed by atoms with E-state index in [2.05, 4.69) is 9.97 Å². The maximum atomic E-state index is 13.4. The van der Waals surface area contributed by atoms with Crippen molar-refractivity contribution in [3.05, 3.63) is 72.3 Å². The zero-order valence-electron chi connectivity index (χ0n) is 15.1. The number of ketones is 1. The zero-order valence-corrected chi connectivity index (χ0v) is 18.3. The van der Waals surface area contributed by atoms with Crippen LogP contribution in [0.15, 0.2) is 41.1 Å². The van der Waals surface area contributed by atoms with Gasteiger partial charge < -0.3 is 5.11 Å². The normalized spacial score (nSPS) is 16.8. The first kappa shape index (κ1) is 20.0. The molecular formula is C19H13Cl2N3O3S2. The molecule has 6 nitrogen and oxygen atoms in total. The van der Waals surface area contributed by atoms with Crippen molar-refractivity contribution in [1.29, 1.82) is 0 Å². The highest BCUT2D eigenvalue weighted by molar-refractivity contribution is 7.14. The number of amides is 1. The second kappa shape index (κ2) is 7.53. The Bertz CT molecular complexity index is 1150. The van der Waals surface area contributed by atoms with Crippen LogP contribution >= 0.6 is 45.9 Å². The van der Waals surface area contributed by atoms with Gasteiger partial charge >= 0.3 is 0 Å². The lowest BCUT2D eigenvalue weighted by Crippen LogP contribution is -2.31. The molecule has 3 aromatic rings. The number of aromatic nitrogens is 2. The van der Waals surface area contributed by atoms with E-state index in [-0.39, 0.29) is 15.6 Å². The van der Waals surface area contributed by atoms with Gasteiger partial charge in [0, 0.05) is 27.2 Å². The number of Topliss-reactive ketones (excluding diaryl/α,β-unsaturated/α-hetero) is 1. The summed E-state index contributed by atoms with van der Waals surface area (Å²) in [6, 6.07) is 3.89. The maximum Gasteiger partial charge on any atom is 0.296 e. The highest BCUT2D eigenvalue weighted by Gasteiger charge is 2.47. The monoisotopic (exact) mass is 465 g/mol. The highest BCUT2D eigenvalue weighted by atomic mass is 35.5. The van der Waals surface area contributed by atoms with E-state index >= 15 is 0 Å². The number of carbonyl (C=O) groups is 2. The van der Waals surface area contributed by atoms with Crippen molar-refractivity contribution in [2.24, 2.45) is 0 Å². The predicted octanol–water partition coefficient (Wildman–Crippen LogP) is 5.31. The molecule has 4 rings (SSSR count). The van der Waals surface area contributed by atoms with Gasteiger partial charge in [-0.15, -0.1) is 22.7 Å². The van der Waals surface area contributed by atoms with Crippen LogP contribution in [0.4, 0.5) is 5.13 Å². The van der Waals surface area contributed by atoms with Crippen molar-refractivity contribution in [2.75, 3.05) is 4.90 Å². The fourth-order valence-electron chi connectivity index (χ4n) is 3.28. The molecule has 0 fully saturated rings. The van der Waals surface area contributed by atoms with Gasteiger partial charge in [-0.3, -0.25) is 14.5 Å². The molecule has 1 amide bonds. The molecule has 0 saturated heterocycles. The van der Waals surface area contributed by atoms with Crippen LogP contribution in [0.5, 0.6) is 0 Å². The number of halogens is 2. The third-order valence-electron chi connectivity index (χ3n) is 4.46. The fourth-order valence-corrected chi connectivity index (χ4v) is 5.42. The predicted molar refractivity (Wildman–Crippen MR) is 114 cm³/mol. The number of hydrogen-bond donors (Lipinski definition) is 1. The Kier molecular flexibility index (Phi) is 5.20. The number of hydrogen-bond acceptors (Lipinski definition) is 7. The van der Waals surface area contributed by atoms with E-state index in [4.69, 9.17) is 23.2 Å². The highest BCUT2D eigenvalue weighted by Crippen LogP contribution is 2.47. The lowest BCUT2D eigenvalue weighted by atomic mass is 9.95. The molecular weight excluding hydrogens is 453 g/mol. The Morgan fingerprint density at radius 3 is 2.48 bits per heavy atom. The lowest BCUT2D eigenvalue weighted by Gasteiger charge is -2.26. The number of aryl methyl sites for hydroxylation is 2. The van der Waals surface area contributed by atoms with Crippen molar-refractivity contribution in [1.82, 2.24) is 9.97 Å². The molecule has 29 heavy (non-hydrogen) atoms. The second-order valence-corrected chi connectivity index (χ2v) is 9.16. The molecule has 0 aliphatic carbocycles. The summed E-state index contributed by atoms with van der Waals surface area (Å²) in [4.78, 5) is 36.5. The number of anilines is 1. The minimum Gasteiger partial charge on any atom is -0.503 e. The first-order valence-electron chi connectivity index (χ1n) is 8.40. The summed E-state index contributed by atoms with van der Waals surface area (Å²) in [6.45, 7) is 3.49. The van der Waals surface area contributed by atoms with Crippen LogP contribution in [-0.4, -0.2) is 26.8 Å². The lowest BCUT2D eigenvalue weighted by molar-refractivity contribution is -0.117. The van der Waals surface area contributed by atoms with Gasteiger partial charge in [0.25, 0.3) is 5.91 Å². The smallest absolute Gasteiger partial charge is 0.296 e. The second-order valence-electron chi connectivity index (χ2n) is 6.27. The van der Waals surface area contributed by atoms with Crippen LogP contribution in [0.2, 0.25) is 10.0 Å². The number of aliphatic hydroxyl groups excluding tert-OH is 1. The summed E-state index contributed by atoms with van der Waals surface area (Å²) in [5, 5.41) is 14.0. The third-order valence-corrected chi connectivity index (χ3v) is 6.96. The van der Waals surface area contributed by atoms with Gasteiger partial charge in [0.05, 0.1) is 21.2 Å². The van der Waals surface area contributed by atoms with Gasteiger partial charge in [-0.2, -0.15) is 0 Å². The molecule has 0 saturated carbocycles. The summed E-state index contributed by atoms with van der Waals surface area (Å²) < 4.78 is 0. The van der Waals surface area contributed by atoms with Crippen molar-refractivity contribution < 1.29 is 14.7 Å². The van der Waals surface area contributed by atoms with E-state index in [1.165, 1.54) is 33.8 Å². The van der Waals surface area contributed by atoms with E-state index in [1.54, 1.807) is 37.4 Å². The van der Waals surface area contributed by atoms with E-state index in [9.17, 15) is 14.7 Å². The van der Waals surface area contributed by atoms with Crippen molar-refractivity contribution in [2.45, 2.75) is 19.9 Å². The Hall–Kier alpha value is -2.26. The van der Waals surface area contributed by atoms with E-state index < -0.39 is 23.5 Å². The Labute approximate surface area is 184 Å². The number of carbonyl (C=O) groups excluding carboxylic acids is 2. The van der Waals surface area contributed by atoms with Crippen LogP contribution in [-0.2, 0) is 4.79 Å². The number of aliphatic hydroxyl groups is 1. The van der Waals surface area contributed by atoms with Crippen LogP contribution in [0.1, 0.15) is 32.0 Å². The molecule has 1 aliphatic heterocycles. The fraction of sp³-hybridized carbons (Fsp3) is 0.158. The van der Waals surface area contributed by atoms with Crippen molar-refractivity contribution in [3.63, 3.8) is 0 Å². The Morgan fingerprint density at radius 2 is 1.93 bits per heavy atom. The molecule has 1 atom stereocenters. The van der Waals surface area contributed by atoms with Crippen molar-refractivity contribution >= 4 is 62.7 Å². The number of rotatable bonds is 4. The van der Waals surface area contributed by atoms with E-state index in [0.29, 0.717) is 26.3 Å². The van der Waals surface area contributed by atoms with Crippen LogP contribution in [0.3, 0.4) is 0 Å². The summed E-state index contributed by atoms with van der Waals surface area (Å²) in [7, 11) is 0. The Morgan fingerprint density at radius 1 is 1.24 bits per heavy atom. The molecule has 0 radical (unpaired) electrons. The molecule has 2 aromatic heterocycles. The van der Waals surface area contributed by atoms with Crippen LogP contribution in [0, 0.1) is 13.8 Å². The summed E-state index contributed by atoms with van der Waals surface area (Å²) in [5.74, 6) is -1.86. The van der Waals surface area contributed by atoms with Gasteiger partial charge in [0.1, 0.15) is 6.04 Å². The molecule has 3 heterocycles. The maximum absolute atomic E-state index is 13.4. The molecule has 1 aliphatic rings. The van der Waals surface area contributed by atoms with E-state index in [0.717, 1.165) is 0 Å². The van der Waals surface area contributed by atoms with Gasteiger partial charge in [-0.1, -0.05) is 29.3 Å². The SMILES string of the molecule is Cc1nc(C)c(C(=O)C2=C(O)C(=O)N(c3nccs3)C2c2c(Cl)cccc2Cl)s1. The van der Waals surface area contributed by atoms with Crippen LogP contribution < -0.4 is 4.90 Å². The summed E-state index contributed by atoms with van der Waals surface area (Å²) in [6.07, 6.45) is 1.53. The zero-order chi connectivity index (χ0) is 20.9. The van der Waals surface area contributed by atoms with Gasteiger partial charge in [-0.05, 0) is 26.0 Å². The van der Waals surface area contributed by atoms with Gasteiger partial charge in [-0.25, -0.2) is 9.97 Å². The Balaban J connectivity index is 1.95. The molecule has 0 bridgehead atoms. The minimum absolute atomic E-state index is 0.0908. The van der Waals surface area contributed by atoms with Crippen LogP contribution in [0.25, 0.3) is 0 Å². The summed E-state index contributed by atoms with van der Waals surface area (Å²) in [5.41, 5.74) is 0.791. The largest absolute Gasteiger partial charge is 0.503 e. The summed E-state index contributed by atoms with van der Waals surface area (Å²) >= 11 is 15.2. The minimum atomic E-state index is -1.01. The average Bonchev–Trinajstić information content (AvgIpc) is 3.35. The molecule has 10 heteroatoms. The molecule has 1 N–H and O–H groups in total. The van der Waals surface area contributed by atoms with Gasteiger partial charge in [0.2, 0.25) is 5.78 Å². The number of nitrogens with zero attached hydrogens (tertiary/aromatic N) is 3. The van der Waals surface area contributed by atoms with Gasteiger partial charge in [0.15, 0.2) is 10.9 Å². The quantitative estimate of drug-likeness (QED) is 0.528. The van der Waals surface area contributed by atoms with E-state index in [1.807, 2.05) is 0 Å². The number of benzene rings is 1.